The molecule has 0 fully saturated rings. The number of benzene rings is 3. The van der Waals surface area contributed by atoms with Crippen molar-refractivity contribution in [1.82, 2.24) is 0 Å². The monoisotopic (exact) mass is 786 g/mol. The van der Waals surface area contributed by atoms with Gasteiger partial charge in [-0.15, -0.1) is 0 Å². The van der Waals surface area contributed by atoms with Crippen molar-refractivity contribution in [2.24, 2.45) is 0 Å². The number of nitrogens with zero attached hydrogens (tertiary/aromatic N) is 4. The molecule has 0 amide bonds. The summed E-state index contributed by atoms with van der Waals surface area (Å²) in [5.74, 6) is 0. The van der Waals surface area contributed by atoms with Crippen molar-refractivity contribution in [3.63, 3.8) is 0 Å². The van der Waals surface area contributed by atoms with Crippen molar-refractivity contribution in [3.8, 4) is 0 Å². The van der Waals surface area contributed by atoms with Crippen LogP contribution in [0.25, 0.3) is 12.2 Å². The Hall–Kier alpha value is -2.46. The summed E-state index contributed by atoms with van der Waals surface area (Å²) >= 11 is 0. The number of rotatable bonds is 6. The fourth-order valence-corrected chi connectivity index (χ4v) is 6.26. The van der Waals surface area contributed by atoms with Crippen LogP contribution in [-0.4, -0.2) is 62.9 Å². The molecule has 42 heavy (non-hydrogen) atoms. The zero-order valence-corrected chi connectivity index (χ0v) is 30.9. The second-order valence-electron chi connectivity index (χ2n) is 12.7. The second-order valence-corrected chi connectivity index (χ2v) is 12.7. The number of hydrogen-bond donors (Lipinski definition) is 0. The van der Waals surface area contributed by atoms with Gasteiger partial charge in [-0.3, -0.25) is 0 Å². The number of allylic oxidation sites excluding steroid dienone is 2. The highest BCUT2D eigenvalue weighted by Crippen LogP contribution is 2.48. The van der Waals surface area contributed by atoms with Gasteiger partial charge in [-0.05, 0) is 75.2 Å². The number of anilines is 2. The van der Waals surface area contributed by atoms with Gasteiger partial charge < -0.3 is 57.8 Å². The van der Waals surface area contributed by atoms with E-state index in [-0.39, 0.29) is 58.8 Å². The molecule has 6 heteroatoms. The molecule has 0 bridgehead atoms. The maximum Gasteiger partial charge on any atom is 0.210 e. The van der Waals surface area contributed by atoms with Crippen molar-refractivity contribution in [1.29, 1.82) is 0 Å². The van der Waals surface area contributed by atoms with Gasteiger partial charge in [-0.25, -0.2) is 0 Å². The lowest BCUT2D eigenvalue weighted by Crippen LogP contribution is -3.00. The van der Waals surface area contributed by atoms with Crippen LogP contribution in [0, 0.1) is 0 Å². The molecule has 0 spiro atoms. The van der Waals surface area contributed by atoms with E-state index in [0.717, 1.165) is 0 Å². The first-order valence-corrected chi connectivity index (χ1v) is 14.1. The molecule has 0 N–H and O–H groups in total. The minimum absolute atomic E-state index is 0. The molecule has 4 nitrogen and oxygen atoms in total. The SMILES string of the molecule is CN(C)c1ccc(/C=C/C2=[N+](C)c3cc4c(cc3C2(C)C)[N+](C)=C(/C=C/c2ccc(N(C)C)cc2)C4(C)C)cc1.[I-].[I-]. The smallest absolute Gasteiger partial charge is 0.210 e. The third-order valence-electron chi connectivity index (χ3n) is 8.87. The Balaban J connectivity index is 0.00000242. The fraction of sp³-hybridized carbons (Fsp3) is 0.333. The molecular weight excluding hydrogens is 742 g/mol. The molecule has 0 radical (unpaired) electrons. The molecule has 0 aromatic heterocycles. The average molecular weight is 787 g/mol. The summed E-state index contributed by atoms with van der Waals surface area (Å²) in [6.07, 6.45) is 9.08. The Labute approximate surface area is 287 Å². The van der Waals surface area contributed by atoms with E-state index in [4.69, 9.17) is 0 Å². The third-order valence-corrected chi connectivity index (χ3v) is 8.87. The molecule has 2 aliphatic heterocycles. The van der Waals surface area contributed by atoms with Gasteiger partial charge in [0.1, 0.15) is 14.1 Å². The van der Waals surface area contributed by atoms with Crippen LogP contribution in [0.2, 0.25) is 0 Å². The van der Waals surface area contributed by atoms with E-state index in [9.17, 15) is 0 Å². The zero-order chi connectivity index (χ0) is 29.0. The molecule has 2 aliphatic rings. The van der Waals surface area contributed by atoms with Crippen molar-refractivity contribution in [2.75, 3.05) is 52.1 Å². The highest BCUT2D eigenvalue weighted by Gasteiger charge is 2.49. The largest absolute Gasteiger partial charge is 1.00 e. The van der Waals surface area contributed by atoms with Crippen LogP contribution in [0.1, 0.15) is 49.9 Å². The van der Waals surface area contributed by atoms with Gasteiger partial charge in [0.05, 0.1) is 10.8 Å². The van der Waals surface area contributed by atoms with Crippen LogP contribution in [0.3, 0.4) is 0 Å². The standard InChI is InChI=1S/C36H44N4.2HI/c1-35(2)29-23-32-30(24-31(29)39(9)33(35)21-15-25-11-17-27(18-12-25)37(5)6)36(3,4)34(40(32)10)22-16-26-13-19-28(20-14-26)38(7)8;;/h11-24H,1-10H3;2*1H/q+2;;/p-2. The molecule has 0 saturated heterocycles. The Kier molecular flexibility index (Phi) is 10.2. The van der Waals surface area contributed by atoms with Crippen molar-refractivity contribution in [3.05, 3.63) is 95.1 Å². The summed E-state index contributed by atoms with van der Waals surface area (Å²) in [6, 6.07) is 22.3. The minimum Gasteiger partial charge on any atom is -1.00 e. The number of halogens is 2. The van der Waals surface area contributed by atoms with E-state index in [1.54, 1.807) is 0 Å². The van der Waals surface area contributed by atoms with E-state index in [1.165, 1.54) is 56.4 Å². The maximum absolute atomic E-state index is 2.43. The number of hydrogen-bond acceptors (Lipinski definition) is 2. The molecule has 5 rings (SSSR count). The Morgan fingerprint density at radius 2 is 0.833 bits per heavy atom. The molecule has 222 valence electrons. The highest BCUT2D eigenvalue weighted by atomic mass is 127. The zero-order valence-electron chi connectivity index (χ0n) is 26.6. The molecule has 0 atom stereocenters. The summed E-state index contributed by atoms with van der Waals surface area (Å²) in [7, 11) is 12.7. The van der Waals surface area contributed by atoms with Gasteiger partial charge in [0.2, 0.25) is 11.4 Å². The summed E-state index contributed by atoms with van der Waals surface area (Å²) in [4.78, 5) is 4.26. The molecule has 3 aromatic carbocycles. The lowest BCUT2D eigenvalue weighted by atomic mass is 9.77. The predicted octanol–water partition coefficient (Wildman–Crippen LogP) is 1.27. The molecule has 0 saturated carbocycles. The first-order chi connectivity index (χ1) is 18.8. The lowest BCUT2D eigenvalue weighted by Gasteiger charge is -2.17. The van der Waals surface area contributed by atoms with Gasteiger partial charge >= 0.3 is 0 Å². The van der Waals surface area contributed by atoms with Crippen molar-refractivity contribution in [2.45, 2.75) is 38.5 Å². The lowest BCUT2D eigenvalue weighted by molar-refractivity contribution is -0.404. The van der Waals surface area contributed by atoms with Gasteiger partial charge in [0.25, 0.3) is 0 Å². The highest BCUT2D eigenvalue weighted by molar-refractivity contribution is 6.08. The van der Waals surface area contributed by atoms with E-state index < -0.39 is 0 Å². The Bertz CT molecular complexity index is 1470. The van der Waals surface area contributed by atoms with Crippen LogP contribution >= 0.6 is 0 Å². The first kappa shape index (κ1) is 34.0. The predicted molar refractivity (Wildman–Crippen MR) is 174 cm³/mol. The normalized spacial score (nSPS) is 16.4. The molecule has 0 unspecified atom stereocenters. The van der Waals surface area contributed by atoms with Crippen molar-refractivity contribution < 1.29 is 57.1 Å². The molecule has 2 heterocycles. The molecule has 0 aliphatic carbocycles. The Morgan fingerprint density at radius 1 is 0.524 bits per heavy atom. The molecular formula is C36H44I2N4. The number of fused-ring (bicyclic) bond motifs is 2. The van der Waals surface area contributed by atoms with Crippen LogP contribution in [0.5, 0.6) is 0 Å². The topological polar surface area (TPSA) is 12.5 Å². The fourth-order valence-electron chi connectivity index (χ4n) is 6.26. The van der Waals surface area contributed by atoms with E-state index in [1.807, 2.05) is 0 Å². The van der Waals surface area contributed by atoms with Gasteiger partial charge in [0.15, 0.2) is 11.4 Å². The first-order valence-electron chi connectivity index (χ1n) is 14.1. The van der Waals surface area contributed by atoms with Gasteiger partial charge in [-0.1, -0.05) is 24.3 Å². The summed E-state index contributed by atoms with van der Waals surface area (Å²) in [5, 5.41) is 0. The maximum atomic E-state index is 2.43. The summed E-state index contributed by atoms with van der Waals surface area (Å²) in [5.41, 5.74) is 12.6. The van der Waals surface area contributed by atoms with Gasteiger partial charge in [0, 0.05) is 75.0 Å². The van der Waals surface area contributed by atoms with E-state index in [2.05, 4.69) is 174 Å². The molecule has 3 aromatic rings. The second kappa shape index (κ2) is 12.6. The third kappa shape index (κ3) is 5.98. The Morgan fingerprint density at radius 3 is 1.12 bits per heavy atom. The van der Waals surface area contributed by atoms with E-state index in [0.29, 0.717) is 0 Å². The summed E-state index contributed by atoms with van der Waals surface area (Å²) in [6.45, 7) is 9.38. The van der Waals surface area contributed by atoms with E-state index >= 15 is 0 Å². The van der Waals surface area contributed by atoms with Crippen LogP contribution < -0.4 is 57.8 Å². The minimum atomic E-state index is -0.100. The van der Waals surface area contributed by atoms with Crippen LogP contribution in [0.4, 0.5) is 22.7 Å². The van der Waals surface area contributed by atoms with Gasteiger partial charge in [-0.2, -0.15) is 9.15 Å². The van der Waals surface area contributed by atoms with Crippen molar-refractivity contribution >= 4 is 46.3 Å². The quantitative estimate of drug-likeness (QED) is 0.276. The average Bonchev–Trinajstić information content (AvgIpc) is 3.22. The van der Waals surface area contributed by atoms with Crippen LogP contribution in [0.15, 0.2) is 72.8 Å². The van der Waals surface area contributed by atoms with Crippen LogP contribution in [-0.2, 0) is 10.8 Å². The summed E-state index contributed by atoms with van der Waals surface area (Å²) < 4.78 is 4.77.